The molecule has 0 saturated heterocycles. The van der Waals surface area contributed by atoms with Crippen LogP contribution in [0.1, 0.15) is 5.56 Å². The number of nitrogens with zero attached hydrogens (tertiary/aromatic N) is 1. The van der Waals surface area contributed by atoms with E-state index in [1.165, 1.54) is 5.56 Å². The van der Waals surface area contributed by atoms with Crippen LogP contribution in [0.4, 0.5) is 5.69 Å². The number of benzene rings is 1. The third-order valence-corrected chi connectivity index (χ3v) is 2.16. The summed E-state index contributed by atoms with van der Waals surface area (Å²) >= 11 is 0. The van der Waals surface area contributed by atoms with Crippen molar-refractivity contribution in [3.05, 3.63) is 55.1 Å². The summed E-state index contributed by atoms with van der Waals surface area (Å²) in [5.41, 5.74) is 7.69. The van der Waals surface area contributed by atoms with E-state index in [-0.39, 0.29) is 0 Å². The molecule has 15 heavy (non-hydrogen) atoms. The van der Waals surface area contributed by atoms with Crippen molar-refractivity contribution in [2.45, 2.75) is 6.54 Å². The summed E-state index contributed by atoms with van der Waals surface area (Å²) in [6.45, 7) is 10.1. The van der Waals surface area contributed by atoms with Gasteiger partial charge in [0.15, 0.2) is 0 Å². The highest BCUT2D eigenvalue weighted by molar-refractivity contribution is 5.39. The predicted molar refractivity (Wildman–Crippen MR) is 66.5 cm³/mol. The van der Waals surface area contributed by atoms with E-state index >= 15 is 0 Å². The summed E-state index contributed by atoms with van der Waals surface area (Å²) in [5, 5.41) is 0. The summed E-state index contributed by atoms with van der Waals surface area (Å²) in [7, 11) is 0. The molecule has 0 fully saturated rings. The summed E-state index contributed by atoms with van der Waals surface area (Å²) in [6.07, 6.45) is 3.81. The lowest BCUT2D eigenvalue weighted by atomic mass is 10.2. The van der Waals surface area contributed by atoms with Crippen molar-refractivity contribution >= 4 is 5.69 Å². The first kappa shape index (κ1) is 11.5. The van der Waals surface area contributed by atoms with Gasteiger partial charge in [0.05, 0.1) is 0 Å². The molecular weight excluding hydrogens is 184 g/mol. The van der Waals surface area contributed by atoms with Crippen LogP contribution in [0.25, 0.3) is 0 Å². The van der Waals surface area contributed by atoms with Gasteiger partial charge in [-0.3, -0.25) is 4.90 Å². The Hall–Kier alpha value is -1.54. The number of nitrogens with two attached hydrogens (primary N) is 1. The van der Waals surface area contributed by atoms with Crippen molar-refractivity contribution in [2.75, 3.05) is 18.8 Å². The molecule has 0 aromatic heterocycles. The molecule has 0 aliphatic rings. The average Bonchev–Trinajstić information content (AvgIpc) is 2.22. The molecule has 0 spiro atoms. The highest BCUT2D eigenvalue weighted by Crippen LogP contribution is 2.08. The van der Waals surface area contributed by atoms with Crippen LogP contribution in [0.3, 0.4) is 0 Å². The molecule has 0 radical (unpaired) electrons. The summed E-state index contributed by atoms with van der Waals surface area (Å²) < 4.78 is 0. The van der Waals surface area contributed by atoms with E-state index < -0.39 is 0 Å². The van der Waals surface area contributed by atoms with E-state index in [0.29, 0.717) is 0 Å². The van der Waals surface area contributed by atoms with Crippen molar-refractivity contribution in [3.63, 3.8) is 0 Å². The molecule has 2 N–H and O–H groups in total. The lowest BCUT2D eigenvalue weighted by Gasteiger charge is -2.18. The Kier molecular flexibility index (Phi) is 4.64. The Labute approximate surface area is 91.7 Å². The van der Waals surface area contributed by atoms with E-state index in [0.717, 1.165) is 25.3 Å². The lowest BCUT2D eigenvalue weighted by molar-refractivity contribution is 0.328. The van der Waals surface area contributed by atoms with Gasteiger partial charge in [-0.25, -0.2) is 0 Å². The highest BCUT2D eigenvalue weighted by Gasteiger charge is 2.01. The lowest BCUT2D eigenvalue weighted by Crippen LogP contribution is -2.23. The fraction of sp³-hybridized carbons (Fsp3) is 0.231. The van der Waals surface area contributed by atoms with Gasteiger partial charge >= 0.3 is 0 Å². The number of hydrogen-bond donors (Lipinski definition) is 1. The molecule has 1 rings (SSSR count). The molecule has 0 aliphatic heterocycles. The Bertz CT molecular complexity index is 304. The SMILES string of the molecule is C=CCN(CC=C)Cc1ccc(N)cc1. The molecule has 0 heterocycles. The summed E-state index contributed by atoms with van der Waals surface area (Å²) in [4.78, 5) is 2.26. The van der Waals surface area contributed by atoms with Crippen molar-refractivity contribution in [2.24, 2.45) is 0 Å². The summed E-state index contributed by atoms with van der Waals surface area (Å²) in [5.74, 6) is 0. The first-order valence-corrected chi connectivity index (χ1v) is 5.05. The fourth-order valence-corrected chi connectivity index (χ4v) is 1.45. The Balaban J connectivity index is 2.60. The minimum atomic E-state index is 0.803. The van der Waals surface area contributed by atoms with Crippen molar-refractivity contribution < 1.29 is 0 Å². The maximum atomic E-state index is 5.63. The minimum Gasteiger partial charge on any atom is -0.399 e. The van der Waals surface area contributed by atoms with Gasteiger partial charge in [-0.2, -0.15) is 0 Å². The maximum Gasteiger partial charge on any atom is 0.0314 e. The second kappa shape index (κ2) is 6.04. The van der Waals surface area contributed by atoms with Gasteiger partial charge in [0.2, 0.25) is 0 Å². The highest BCUT2D eigenvalue weighted by atomic mass is 15.1. The van der Waals surface area contributed by atoms with Crippen LogP contribution in [0.15, 0.2) is 49.6 Å². The van der Waals surface area contributed by atoms with Gasteiger partial charge in [-0.15, -0.1) is 13.2 Å². The third-order valence-electron chi connectivity index (χ3n) is 2.16. The molecule has 0 bridgehead atoms. The first-order valence-electron chi connectivity index (χ1n) is 5.05. The van der Waals surface area contributed by atoms with Crippen molar-refractivity contribution in [1.82, 2.24) is 4.90 Å². The molecule has 80 valence electrons. The van der Waals surface area contributed by atoms with E-state index in [4.69, 9.17) is 5.73 Å². The zero-order valence-corrected chi connectivity index (χ0v) is 9.02. The van der Waals surface area contributed by atoms with E-state index in [1.54, 1.807) is 0 Å². The van der Waals surface area contributed by atoms with E-state index in [9.17, 15) is 0 Å². The molecule has 0 atom stereocenters. The number of nitrogen functional groups attached to an aromatic ring is 1. The fourth-order valence-electron chi connectivity index (χ4n) is 1.45. The van der Waals surface area contributed by atoms with Gasteiger partial charge in [0, 0.05) is 25.3 Å². The Morgan fingerprint density at radius 3 is 2.07 bits per heavy atom. The van der Waals surface area contributed by atoms with Crippen LogP contribution in [-0.4, -0.2) is 18.0 Å². The standard InChI is InChI=1S/C13H18N2/c1-3-9-15(10-4-2)11-12-5-7-13(14)8-6-12/h3-8H,1-2,9-11,14H2. The Morgan fingerprint density at radius 2 is 1.60 bits per heavy atom. The van der Waals surface area contributed by atoms with Gasteiger partial charge < -0.3 is 5.73 Å². The summed E-state index contributed by atoms with van der Waals surface area (Å²) in [6, 6.07) is 7.95. The zero-order valence-electron chi connectivity index (χ0n) is 9.02. The molecule has 0 aliphatic carbocycles. The second-order valence-corrected chi connectivity index (χ2v) is 3.51. The van der Waals surface area contributed by atoms with Crippen LogP contribution >= 0.6 is 0 Å². The molecule has 1 aromatic rings. The minimum absolute atomic E-state index is 0.803. The molecule has 0 unspecified atom stereocenters. The molecule has 2 heteroatoms. The first-order chi connectivity index (χ1) is 7.26. The van der Waals surface area contributed by atoms with Crippen LogP contribution in [0, 0.1) is 0 Å². The maximum absolute atomic E-state index is 5.63. The van der Waals surface area contributed by atoms with Crippen molar-refractivity contribution in [1.29, 1.82) is 0 Å². The normalized spacial score (nSPS) is 10.2. The number of rotatable bonds is 6. The van der Waals surface area contributed by atoms with Crippen LogP contribution in [0.2, 0.25) is 0 Å². The molecular formula is C13H18N2. The molecule has 1 aromatic carbocycles. The topological polar surface area (TPSA) is 29.3 Å². The average molecular weight is 202 g/mol. The zero-order chi connectivity index (χ0) is 11.1. The predicted octanol–water partition coefficient (Wildman–Crippen LogP) is 2.44. The monoisotopic (exact) mass is 202 g/mol. The van der Waals surface area contributed by atoms with Gasteiger partial charge in [-0.05, 0) is 17.7 Å². The van der Waals surface area contributed by atoms with Gasteiger partial charge in [0.25, 0.3) is 0 Å². The molecule has 0 saturated carbocycles. The molecule has 2 nitrogen and oxygen atoms in total. The smallest absolute Gasteiger partial charge is 0.0314 e. The second-order valence-electron chi connectivity index (χ2n) is 3.51. The van der Waals surface area contributed by atoms with Crippen LogP contribution < -0.4 is 5.73 Å². The third kappa shape index (κ3) is 4.00. The van der Waals surface area contributed by atoms with Crippen LogP contribution in [0.5, 0.6) is 0 Å². The number of anilines is 1. The van der Waals surface area contributed by atoms with E-state index in [2.05, 4.69) is 30.2 Å². The quantitative estimate of drug-likeness (QED) is 0.567. The van der Waals surface area contributed by atoms with Gasteiger partial charge in [0.1, 0.15) is 0 Å². The van der Waals surface area contributed by atoms with Crippen molar-refractivity contribution in [3.8, 4) is 0 Å². The largest absolute Gasteiger partial charge is 0.399 e. The number of hydrogen-bond acceptors (Lipinski definition) is 2. The van der Waals surface area contributed by atoms with Crippen LogP contribution in [-0.2, 0) is 6.54 Å². The van der Waals surface area contributed by atoms with E-state index in [1.807, 2.05) is 24.3 Å². The molecule has 0 amide bonds. The van der Waals surface area contributed by atoms with Gasteiger partial charge in [-0.1, -0.05) is 24.3 Å². The Morgan fingerprint density at radius 1 is 1.07 bits per heavy atom.